The second-order valence-electron chi connectivity index (χ2n) is 6.55. The Balaban J connectivity index is 1.75. The number of ether oxygens (including phenoxy) is 1. The van der Waals surface area contributed by atoms with Crippen molar-refractivity contribution in [2.24, 2.45) is 4.99 Å². The molecule has 1 aliphatic heterocycles. The maximum Gasteiger partial charge on any atom is 0.271 e. The van der Waals surface area contributed by atoms with Gasteiger partial charge < -0.3 is 4.74 Å². The number of thioether (sulfide) groups is 1. The Morgan fingerprint density at radius 1 is 0.966 bits per heavy atom. The van der Waals surface area contributed by atoms with Crippen LogP contribution < -0.4 is 9.64 Å². The van der Waals surface area contributed by atoms with Crippen molar-refractivity contribution in [3.63, 3.8) is 0 Å². The number of aliphatic imine (C=N–C) groups is 1. The van der Waals surface area contributed by atoms with Crippen LogP contribution >= 0.6 is 11.8 Å². The van der Waals surface area contributed by atoms with E-state index in [1.54, 1.807) is 12.0 Å². The zero-order valence-electron chi connectivity index (χ0n) is 16.2. The van der Waals surface area contributed by atoms with Crippen LogP contribution in [0.3, 0.4) is 0 Å². The fourth-order valence-electron chi connectivity index (χ4n) is 3.11. The fourth-order valence-corrected chi connectivity index (χ4v) is 4.11. The van der Waals surface area contributed by atoms with Gasteiger partial charge in [-0.3, -0.25) is 9.69 Å². The van der Waals surface area contributed by atoms with Crippen LogP contribution in [-0.2, 0) is 4.79 Å². The Hall–Kier alpha value is -3.31. The molecule has 0 bridgehead atoms. The number of hydrogen-bond acceptors (Lipinski definition) is 4. The van der Waals surface area contributed by atoms with Crippen LogP contribution in [0.25, 0.3) is 6.08 Å². The summed E-state index contributed by atoms with van der Waals surface area (Å²) in [6, 6.07) is 25.2. The lowest BCUT2D eigenvalue weighted by Crippen LogP contribution is -2.28. The van der Waals surface area contributed by atoms with Crippen LogP contribution in [0.15, 0.2) is 88.8 Å². The first-order chi connectivity index (χ1) is 14.2. The van der Waals surface area contributed by atoms with E-state index in [1.807, 2.05) is 91.9 Å². The molecule has 5 heteroatoms. The minimum Gasteiger partial charge on any atom is -0.496 e. The van der Waals surface area contributed by atoms with E-state index < -0.39 is 0 Å². The van der Waals surface area contributed by atoms with Gasteiger partial charge in [-0.05, 0) is 72.3 Å². The number of carbonyl (C=O) groups is 1. The monoisotopic (exact) mass is 400 g/mol. The van der Waals surface area contributed by atoms with Crippen LogP contribution in [0.4, 0.5) is 11.4 Å². The number of hydrogen-bond donors (Lipinski definition) is 0. The summed E-state index contributed by atoms with van der Waals surface area (Å²) in [5, 5.41) is 0.642. The first-order valence-electron chi connectivity index (χ1n) is 9.23. The van der Waals surface area contributed by atoms with Crippen molar-refractivity contribution in [3.05, 3.63) is 94.9 Å². The molecule has 1 saturated heterocycles. The van der Waals surface area contributed by atoms with Crippen LogP contribution in [0.1, 0.15) is 11.1 Å². The Bertz CT molecular complexity index is 1090. The molecule has 0 saturated carbocycles. The van der Waals surface area contributed by atoms with Gasteiger partial charge in [-0.2, -0.15) is 0 Å². The predicted octanol–water partition coefficient (Wildman–Crippen LogP) is 5.81. The molecule has 0 atom stereocenters. The maximum absolute atomic E-state index is 13.3. The molecule has 0 aliphatic carbocycles. The molecule has 0 spiro atoms. The van der Waals surface area contributed by atoms with E-state index in [9.17, 15) is 4.79 Å². The predicted molar refractivity (Wildman–Crippen MR) is 121 cm³/mol. The molecule has 4 rings (SSSR count). The largest absolute Gasteiger partial charge is 0.496 e. The van der Waals surface area contributed by atoms with Gasteiger partial charge in [0.25, 0.3) is 5.91 Å². The molecule has 1 amide bonds. The lowest BCUT2D eigenvalue weighted by atomic mass is 10.1. The molecule has 0 unspecified atom stereocenters. The second-order valence-corrected chi connectivity index (χ2v) is 7.55. The Labute approximate surface area is 174 Å². The van der Waals surface area contributed by atoms with Crippen molar-refractivity contribution in [2.45, 2.75) is 6.92 Å². The normalized spacial score (nSPS) is 16.6. The fraction of sp³-hybridized carbons (Fsp3) is 0.0833. The maximum atomic E-state index is 13.3. The highest BCUT2D eigenvalue weighted by Crippen LogP contribution is 2.37. The molecular weight excluding hydrogens is 380 g/mol. The molecule has 1 fully saturated rings. The Morgan fingerprint density at radius 2 is 1.66 bits per heavy atom. The number of methoxy groups -OCH3 is 1. The van der Waals surface area contributed by atoms with Gasteiger partial charge in [0.05, 0.1) is 23.4 Å². The van der Waals surface area contributed by atoms with E-state index in [4.69, 9.17) is 9.73 Å². The van der Waals surface area contributed by atoms with Gasteiger partial charge in [-0.1, -0.05) is 42.5 Å². The van der Waals surface area contributed by atoms with E-state index >= 15 is 0 Å². The minimum atomic E-state index is -0.0793. The summed E-state index contributed by atoms with van der Waals surface area (Å²) < 4.78 is 5.33. The smallest absolute Gasteiger partial charge is 0.271 e. The average molecular weight is 401 g/mol. The number of anilines is 1. The lowest BCUT2D eigenvalue weighted by molar-refractivity contribution is -0.113. The van der Waals surface area contributed by atoms with Gasteiger partial charge >= 0.3 is 0 Å². The third-order valence-corrected chi connectivity index (χ3v) is 5.49. The number of carbonyl (C=O) groups excluding carboxylic acids is 1. The van der Waals surface area contributed by atoms with Gasteiger partial charge in [-0.25, -0.2) is 4.99 Å². The van der Waals surface area contributed by atoms with Crippen molar-refractivity contribution < 1.29 is 9.53 Å². The summed E-state index contributed by atoms with van der Waals surface area (Å²) in [5.74, 6) is 0.749. The van der Waals surface area contributed by atoms with Gasteiger partial charge in [0.1, 0.15) is 5.75 Å². The number of rotatable bonds is 4. The molecule has 144 valence electrons. The zero-order valence-corrected chi connectivity index (χ0v) is 17.0. The number of aryl methyl sites for hydroxylation is 1. The number of para-hydroxylation sites is 2. The quantitative estimate of drug-likeness (QED) is 0.519. The zero-order chi connectivity index (χ0) is 20.2. The standard InChI is InChI=1S/C24H20N2O2S/c1-17-15-18(13-14-21(17)28-2)16-22-23(27)26(20-11-7-4-8-12-20)24(29-22)25-19-9-5-3-6-10-19/h3-16H,1-2H3/b22-16+,25-24?. The highest BCUT2D eigenvalue weighted by molar-refractivity contribution is 8.19. The van der Waals surface area contributed by atoms with E-state index in [0.717, 1.165) is 28.3 Å². The van der Waals surface area contributed by atoms with Crippen LogP contribution in [0.5, 0.6) is 5.75 Å². The molecule has 4 nitrogen and oxygen atoms in total. The third-order valence-electron chi connectivity index (χ3n) is 4.52. The molecular formula is C24H20N2O2S. The van der Waals surface area contributed by atoms with Crippen molar-refractivity contribution in [1.29, 1.82) is 0 Å². The number of amides is 1. The molecule has 29 heavy (non-hydrogen) atoms. The second kappa shape index (κ2) is 8.37. The van der Waals surface area contributed by atoms with Crippen LogP contribution in [0.2, 0.25) is 0 Å². The molecule has 0 aromatic heterocycles. The number of benzene rings is 3. The molecule has 3 aromatic carbocycles. The Kier molecular flexibility index (Phi) is 5.49. The van der Waals surface area contributed by atoms with Gasteiger partial charge in [0.2, 0.25) is 0 Å². The van der Waals surface area contributed by atoms with Crippen molar-refractivity contribution in [3.8, 4) is 5.75 Å². The summed E-state index contributed by atoms with van der Waals surface area (Å²) in [6.45, 7) is 1.99. The summed E-state index contributed by atoms with van der Waals surface area (Å²) in [6.07, 6.45) is 1.91. The van der Waals surface area contributed by atoms with Gasteiger partial charge in [-0.15, -0.1) is 0 Å². The summed E-state index contributed by atoms with van der Waals surface area (Å²) in [5.41, 5.74) is 3.59. The minimum absolute atomic E-state index is 0.0793. The molecule has 3 aromatic rings. The topological polar surface area (TPSA) is 41.9 Å². The SMILES string of the molecule is COc1ccc(/C=C2/SC(=Nc3ccccc3)N(c3ccccc3)C2=O)cc1C. The van der Waals surface area contributed by atoms with Gasteiger partial charge in [0, 0.05) is 0 Å². The van der Waals surface area contributed by atoms with Crippen LogP contribution in [-0.4, -0.2) is 18.2 Å². The summed E-state index contributed by atoms with van der Waals surface area (Å²) in [4.78, 5) is 20.3. The lowest BCUT2D eigenvalue weighted by Gasteiger charge is -2.15. The van der Waals surface area contributed by atoms with Crippen molar-refractivity contribution >= 4 is 40.3 Å². The summed E-state index contributed by atoms with van der Waals surface area (Å²) >= 11 is 1.38. The van der Waals surface area contributed by atoms with Crippen LogP contribution in [0, 0.1) is 6.92 Å². The highest BCUT2D eigenvalue weighted by atomic mass is 32.2. The average Bonchev–Trinajstić information content (AvgIpc) is 3.04. The first-order valence-corrected chi connectivity index (χ1v) is 10.0. The van der Waals surface area contributed by atoms with E-state index in [2.05, 4.69) is 0 Å². The van der Waals surface area contributed by atoms with E-state index in [0.29, 0.717) is 10.1 Å². The van der Waals surface area contributed by atoms with Crippen molar-refractivity contribution in [2.75, 3.05) is 12.0 Å². The first kappa shape index (κ1) is 19.0. The third kappa shape index (κ3) is 4.10. The van der Waals surface area contributed by atoms with E-state index in [-0.39, 0.29) is 5.91 Å². The highest BCUT2D eigenvalue weighted by Gasteiger charge is 2.34. The molecule has 1 aliphatic rings. The number of nitrogens with zero attached hydrogens (tertiary/aromatic N) is 2. The number of amidine groups is 1. The van der Waals surface area contributed by atoms with Gasteiger partial charge in [0.15, 0.2) is 5.17 Å². The Morgan fingerprint density at radius 3 is 2.31 bits per heavy atom. The summed E-state index contributed by atoms with van der Waals surface area (Å²) in [7, 11) is 1.65. The van der Waals surface area contributed by atoms with Crippen molar-refractivity contribution in [1.82, 2.24) is 0 Å². The molecule has 1 heterocycles. The molecule has 0 N–H and O–H groups in total. The molecule has 0 radical (unpaired) electrons. The van der Waals surface area contributed by atoms with E-state index in [1.165, 1.54) is 11.8 Å².